The lowest BCUT2D eigenvalue weighted by Crippen LogP contribution is -2.56. The van der Waals surface area contributed by atoms with Crippen LogP contribution in [0.2, 0.25) is 5.02 Å². The highest BCUT2D eigenvalue weighted by atomic mass is 35.5. The summed E-state index contributed by atoms with van der Waals surface area (Å²) in [4.78, 5) is 32.1. The molecule has 2 aromatic carbocycles. The molecule has 1 aliphatic rings. The maximum Gasteiger partial charge on any atom is 0.270 e. The molecule has 0 spiro atoms. The molecule has 2 heterocycles. The van der Waals surface area contributed by atoms with Crippen LogP contribution in [-0.2, 0) is 9.59 Å². The van der Waals surface area contributed by atoms with Crippen molar-refractivity contribution in [1.82, 2.24) is 9.47 Å². The van der Waals surface area contributed by atoms with E-state index in [4.69, 9.17) is 23.8 Å². The van der Waals surface area contributed by atoms with Gasteiger partial charge in [-0.25, -0.2) is 0 Å². The number of hydrogen-bond donors (Lipinski definition) is 0. The normalized spacial score (nSPS) is 15.2. The third-order valence-electron chi connectivity index (χ3n) is 6.74. The van der Waals surface area contributed by atoms with Crippen LogP contribution < -0.4 is 9.80 Å². The number of amides is 2. The van der Waals surface area contributed by atoms with Crippen molar-refractivity contribution in [3.05, 3.63) is 82.1 Å². The number of rotatable bonds is 7. The molecular formula is C29H31ClN4O2S. The van der Waals surface area contributed by atoms with Crippen LogP contribution in [0.1, 0.15) is 37.7 Å². The topological polar surface area (TPSA) is 48.8 Å². The lowest BCUT2D eigenvalue weighted by atomic mass is 10.1. The number of nitrogens with zero attached hydrogens (tertiary/aromatic N) is 4. The quantitative estimate of drug-likeness (QED) is 0.207. The van der Waals surface area contributed by atoms with Gasteiger partial charge in [0.05, 0.1) is 5.69 Å². The molecule has 0 N–H and O–H groups in total. The fraction of sp³-hybridized carbons (Fsp3) is 0.276. The average Bonchev–Trinajstić information content (AvgIpc) is 3.17. The van der Waals surface area contributed by atoms with Gasteiger partial charge in [-0.05, 0) is 113 Å². The molecule has 0 radical (unpaired) electrons. The Morgan fingerprint density at radius 1 is 0.892 bits per heavy atom. The molecule has 1 aliphatic heterocycles. The largest absolute Gasteiger partial charge is 0.372 e. The summed E-state index contributed by atoms with van der Waals surface area (Å²) in [5.74, 6) is -0.841. The Kier molecular flexibility index (Phi) is 7.85. The molecule has 0 aliphatic carbocycles. The lowest BCUT2D eigenvalue weighted by molar-refractivity contribution is -0.127. The second-order valence-electron chi connectivity index (χ2n) is 8.86. The number of anilines is 2. The fourth-order valence-corrected chi connectivity index (χ4v) is 5.29. The van der Waals surface area contributed by atoms with Crippen LogP contribution in [-0.4, -0.2) is 46.0 Å². The van der Waals surface area contributed by atoms with Crippen LogP contribution in [0.3, 0.4) is 0 Å². The van der Waals surface area contributed by atoms with Crippen molar-refractivity contribution in [1.29, 1.82) is 0 Å². The van der Waals surface area contributed by atoms with Crippen LogP contribution in [0.4, 0.5) is 11.4 Å². The molecule has 6 nitrogen and oxygen atoms in total. The molecule has 0 unspecified atom stereocenters. The van der Waals surface area contributed by atoms with E-state index >= 15 is 0 Å². The standard InChI is InChI=1S/C29H31ClN4O2S/c1-6-31(7-2)23-13-15-24(16-14-23)33-19(4)17-21(20(33)5)18-26-27(35)32(8-3)29(37)34(28(26)36)25-11-9-22(30)10-12-25/h9-18H,6-8H2,1-5H3/b26-18+. The number of carbonyl (C=O) groups excluding carboxylic acids is 2. The zero-order valence-electron chi connectivity index (χ0n) is 21.8. The zero-order chi connectivity index (χ0) is 26.9. The second kappa shape index (κ2) is 10.9. The summed E-state index contributed by atoms with van der Waals surface area (Å²) in [5, 5.41) is 0.714. The molecular weight excluding hydrogens is 504 g/mol. The first kappa shape index (κ1) is 26.6. The van der Waals surface area contributed by atoms with E-state index < -0.39 is 11.8 Å². The van der Waals surface area contributed by atoms with Gasteiger partial charge >= 0.3 is 0 Å². The van der Waals surface area contributed by atoms with Crippen LogP contribution in [0.15, 0.2) is 60.2 Å². The molecule has 0 bridgehead atoms. The highest BCUT2D eigenvalue weighted by Gasteiger charge is 2.39. The molecule has 0 saturated carbocycles. The first-order chi connectivity index (χ1) is 17.7. The minimum Gasteiger partial charge on any atom is -0.372 e. The van der Waals surface area contributed by atoms with Crippen LogP contribution >= 0.6 is 23.8 Å². The number of benzene rings is 2. The highest BCUT2D eigenvalue weighted by molar-refractivity contribution is 7.80. The van der Waals surface area contributed by atoms with Crippen LogP contribution in [0.5, 0.6) is 0 Å². The van der Waals surface area contributed by atoms with Gasteiger partial charge in [0.15, 0.2) is 5.11 Å². The number of aryl methyl sites for hydroxylation is 1. The van der Waals surface area contributed by atoms with Crippen molar-refractivity contribution >= 4 is 58.2 Å². The van der Waals surface area contributed by atoms with E-state index in [9.17, 15) is 9.59 Å². The Labute approximate surface area is 228 Å². The summed E-state index contributed by atoms with van der Waals surface area (Å²) in [6.07, 6.45) is 1.68. The van der Waals surface area contributed by atoms with E-state index in [1.807, 2.05) is 26.8 Å². The van der Waals surface area contributed by atoms with Gasteiger partial charge in [0, 0.05) is 47.4 Å². The van der Waals surface area contributed by atoms with Gasteiger partial charge in [0.25, 0.3) is 11.8 Å². The molecule has 192 valence electrons. The van der Waals surface area contributed by atoms with E-state index in [0.29, 0.717) is 17.3 Å². The lowest BCUT2D eigenvalue weighted by Gasteiger charge is -2.36. The monoisotopic (exact) mass is 534 g/mol. The summed E-state index contributed by atoms with van der Waals surface area (Å²) in [7, 11) is 0. The Balaban J connectivity index is 1.75. The third kappa shape index (κ3) is 4.93. The molecule has 3 aromatic rings. The Morgan fingerprint density at radius 3 is 2.05 bits per heavy atom. The predicted octanol–water partition coefficient (Wildman–Crippen LogP) is 6.16. The van der Waals surface area contributed by atoms with Crippen LogP contribution in [0, 0.1) is 13.8 Å². The van der Waals surface area contributed by atoms with E-state index in [0.717, 1.165) is 35.7 Å². The number of aromatic nitrogens is 1. The first-order valence-electron chi connectivity index (χ1n) is 12.4. The zero-order valence-corrected chi connectivity index (χ0v) is 23.4. The SMILES string of the molecule is CCN1C(=O)/C(=C\c2cc(C)n(-c3ccc(N(CC)CC)cc3)c2C)C(=O)N(c2ccc(Cl)cc2)C1=S. The smallest absolute Gasteiger partial charge is 0.270 e. The minimum absolute atomic E-state index is 0.0718. The number of carbonyl (C=O) groups is 2. The highest BCUT2D eigenvalue weighted by Crippen LogP contribution is 2.29. The number of hydrogen-bond acceptors (Lipinski definition) is 4. The predicted molar refractivity (Wildman–Crippen MR) is 156 cm³/mol. The number of likely N-dealkylation sites (N-methyl/N-ethyl adjacent to an activating group) is 1. The van der Waals surface area contributed by atoms with Crippen molar-refractivity contribution in [3.63, 3.8) is 0 Å². The molecule has 2 amide bonds. The second-order valence-corrected chi connectivity index (χ2v) is 9.66. The summed E-state index contributed by atoms with van der Waals surface area (Å²) in [6.45, 7) is 12.4. The Hall–Kier alpha value is -3.42. The molecule has 37 heavy (non-hydrogen) atoms. The molecule has 1 saturated heterocycles. The number of halogens is 1. The van der Waals surface area contributed by atoms with E-state index in [1.165, 1.54) is 15.5 Å². The summed E-state index contributed by atoms with van der Waals surface area (Å²) >= 11 is 11.6. The Bertz CT molecular complexity index is 1370. The first-order valence-corrected chi connectivity index (χ1v) is 13.2. The van der Waals surface area contributed by atoms with Gasteiger partial charge in [-0.15, -0.1) is 0 Å². The van der Waals surface area contributed by atoms with Crippen molar-refractivity contribution in [2.24, 2.45) is 0 Å². The fourth-order valence-electron chi connectivity index (χ4n) is 4.76. The van der Waals surface area contributed by atoms with Gasteiger partial charge in [0.2, 0.25) is 0 Å². The van der Waals surface area contributed by atoms with E-state index in [2.05, 4.69) is 47.6 Å². The van der Waals surface area contributed by atoms with Gasteiger partial charge in [-0.2, -0.15) is 0 Å². The van der Waals surface area contributed by atoms with Crippen LogP contribution in [0.25, 0.3) is 11.8 Å². The summed E-state index contributed by atoms with van der Waals surface area (Å²) in [6, 6.07) is 17.3. The van der Waals surface area contributed by atoms with E-state index in [1.54, 1.807) is 30.3 Å². The van der Waals surface area contributed by atoms with Crippen molar-refractivity contribution in [2.75, 3.05) is 29.4 Å². The van der Waals surface area contributed by atoms with Gasteiger partial charge in [0.1, 0.15) is 5.57 Å². The summed E-state index contributed by atoms with van der Waals surface area (Å²) < 4.78 is 2.13. The molecule has 0 atom stereocenters. The Morgan fingerprint density at radius 2 is 1.49 bits per heavy atom. The van der Waals surface area contributed by atoms with Gasteiger partial charge < -0.3 is 9.47 Å². The molecule has 4 rings (SSSR count). The van der Waals surface area contributed by atoms with Crippen molar-refractivity contribution in [3.8, 4) is 5.69 Å². The minimum atomic E-state index is -0.449. The number of thiocarbonyl (C=S) groups is 1. The molecule has 1 aromatic heterocycles. The molecule has 8 heteroatoms. The average molecular weight is 535 g/mol. The molecule has 1 fully saturated rings. The van der Waals surface area contributed by atoms with E-state index in [-0.39, 0.29) is 10.7 Å². The maximum atomic E-state index is 13.6. The van der Waals surface area contributed by atoms with Gasteiger partial charge in [-0.3, -0.25) is 19.4 Å². The summed E-state index contributed by atoms with van der Waals surface area (Å²) in [5.41, 5.74) is 5.59. The van der Waals surface area contributed by atoms with Crippen molar-refractivity contribution < 1.29 is 9.59 Å². The maximum absolute atomic E-state index is 13.6. The van der Waals surface area contributed by atoms with Crippen molar-refractivity contribution in [2.45, 2.75) is 34.6 Å². The third-order valence-corrected chi connectivity index (χ3v) is 7.39. The van der Waals surface area contributed by atoms with Gasteiger partial charge in [-0.1, -0.05) is 11.6 Å².